The molecule has 2 heterocycles. The summed E-state index contributed by atoms with van der Waals surface area (Å²) in [5.41, 5.74) is -3.54. The van der Waals surface area contributed by atoms with E-state index in [2.05, 4.69) is 4.99 Å². The van der Waals surface area contributed by atoms with Gasteiger partial charge in [-0.2, -0.15) is 31.3 Å². The van der Waals surface area contributed by atoms with Gasteiger partial charge in [-0.3, -0.25) is 4.79 Å². The minimum Gasteiger partial charge on any atom is -0.316 e. The highest BCUT2D eigenvalue weighted by Crippen LogP contribution is 2.44. The summed E-state index contributed by atoms with van der Waals surface area (Å²) in [6.45, 7) is 1.93. The second-order valence-corrected chi connectivity index (χ2v) is 11.0. The number of hydrogen-bond acceptors (Lipinski definition) is 4. The monoisotopic (exact) mass is 502 g/mol. The SMILES string of the molecule is CCCCCC(=O)N=C1S[C@@H]2CS(=O)(=O)C[C@@H]2N1c1cc(C(F)(F)F)cc(C(F)(F)F)c1. The summed E-state index contributed by atoms with van der Waals surface area (Å²) in [6.07, 6.45) is -7.89. The number of halogens is 6. The number of amides is 1. The highest BCUT2D eigenvalue weighted by molar-refractivity contribution is 8.16. The summed E-state index contributed by atoms with van der Waals surface area (Å²) in [7, 11) is -3.54. The zero-order valence-corrected chi connectivity index (χ0v) is 18.5. The van der Waals surface area contributed by atoms with Gasteiger partial charge in [-0.05, 0) is 24.6 Å². The van der Waals surface area contributed by atoms with Crippen LogP contribution in [-0.4, -0.2) is 42.3 Å². The average molecular weight is 503 g/mol. The number of alkyl halides is 6. The van der Waals surface area contributed by atoms with Crippen molar-refractivity contribution in [2.24, 2.45) is 4.99 Å². The van der Waals surface area contributed by atoms with Gasteiger partial charge in [-0.25, -0.2) is 8.42 Å². The number of thioether (sulfide) groups is 1. The molecule has 2 aliphatic heterocycles. The summed E-state index contributed by atoms with van der Waals surface area (Å²) in [6, 6.07) is 0.139. The fraction of sp³-hybridized carbons (Fsp3) is 0.579. The lowest BCUT2D eigenvalue weighted by atomic mass is 10.1. The van der Waals surface area contributed by atoms with Crippen LogP contribution in [-0.2, 0) is 27.0 Å². The van der Waals surface area contributed by atoms with Gasteiger partial charge in [0.1, 0.15) is 0 Å². The Labute approximate surface area is 185 Å². The lowest BCUT2D eigenvalue weighted by molar-refractivity contribution is -0.143. The first-order valence-corrected chi connectivity index (χ1v) is 12.5. The number of anilines is 1. The number of amidine groups is 1. The van der Waals surface area contributed by atoms with Crippen LogP contribution in [0.5, 0.6) is 0 Å². The molecule has 2 aliphatic rings. The Morgan fingerprint density at radius 3 is 2.19 bits per heavy atom. The van der Waals surface area contributed by atoms with Crippen LogP contribution in [0, 0.1) is 0 Å². The van der Waals surface area contributed by atoms with Crippen molar-refractivity contribution in [2.75, 3.05) is 16.4 Å². The number of fused-ring (bicyclic) bond motifs is 1. The second kappa shape index (κ2) is 8.88. The van der Waals surface area contributed by atoms with Crippen LogP contribution in [0.1, 0.15) is 43.7 Å². The van der Waals surface area contributed by atoms with Crippen molar-refractivity contribution in [2.45, 2.75) is 56.3 Å². The topological polar surface area (TPSA) is 66.8 Å². The van der Waals surface area contributed by atoms with Gasteiger partial charge in [-0.15, -0.1) is 0 Å². The smallest absolute Gasteiger partial charge is 0.316 e. The molecule has 1 amide bonds. The Morgan fingerprint density at radius 1 is 1.06 bits per heavy atom. The molecule has 0 bridgehead atoms. The van der Waals surface area contributed by atoms with Crippen LogP contribution in [0.25, 0.3) is 0 Å². The maximum absolute atomic E-state index is 13.3. The van der Waals surface area contributed by atoms with Crippen LogP contribution in [0.15, 0.2) is 23.2 Å². The fourth-order valence-electron chi connectivity index (χ4n) is 3.63. The second-order valence-electron chi connectivity index (χ2n) is 7.68. The quantitative estimate of drug-likeness (QED) is 0.423. The van der Waals surface area contributed by atoms with E-state index < -0.39 is 62.0 Å². The molecule has 0 saturated carbocycles. The molecule has 32 heavy (non-hydrogen) atoms. The van der Waals surface area contributed by atoms with E-state index >= 15 is 0 Å². The van der Waals surface area contributed by atoms with E-state index in [4.69, 9.17) is 0 Å². The summed E-state index contributed by atoms with van der Waals surface area (Å²) in [4.78, 5) is 17.2. The minimum atomic E-state index is -5.06. The molecule has 3 rings (SSSR count). The van der Waals surface area contributed by atoms with E-state index in [1.165, 1.54) is 0 Å². The molecule has 5 nitrogen and oxygen atoms in total. The molecule has 0 radical (unpaired) electrons. The molecule has 1 aromatic rings. The Kier molecular flexibility index (Phi) is 6.90. The zero-order chi connectivity index (χ0) is 23.9. The highest BCUT2D eigenvalue weighted by Gasteiger charge is 2.50. The molecule has 178 valence electrons. The highest BCUT2D eigenvalue weighted by atomic mass is 32.2. The molecule has 0 unspecified atom stereocenters. The molecule has 2 saturated heterocycles. The lowest BCUT2D eigenvalue weighted by Gasteiger charge is -2.26. The van der Waals surface area contributed by atoms with Crippen molar-refractivity contribution < 1.29 is 39.6 Å². The third-order valence-electron chi connectivity index (χ3n) is 5.13. The number of rotatable bonds is 5. The predicted molar refractivity (Wildman–Crippen MR) is 109 cm³/mol. The Balaban J connectivity index is 2.08. The fourth-order valence-corrected chi connectivity index (χ4v) is 7.56. The van der Waals surface area contributed by atoms with Gasteiger partial charge in [-0.1, -0.05) is 31.5 Å². The molecule has 2 fully saturated rings. The molecular formula is C19H20F6N2O3S2. The van der Waals surface area contributed by atoms with E-state index in [1.807, 2.05) is 6.92 Å². The van der Waals surface area contributed by atoms with Crippen LogP contribution < -0.4 is 4.90 Å². The number of carbonyl (C=O) groups is 1. The summed E-state index contributed by atoms with van der Waals surface area (Å²) in [5.74, 6) is -1.31. The van der Waals surface area contributed by atoms with Gasteiger partial charge in [0, 0.05) is 17.4 Å². The maximum atomic E-state index is 13.3. The van der Waals surface area contributed by atoms with Gasteiger partial charge in [0.2, 0.25) is 5.91 Å². The number of sulfone groups is 1. The molecule has 0 aromatic heterocycles. The van der Waals surface area contributed by atoms with Crippen LogP contribution in [0.3, 0.4) is 0 Å². The molecule has 0 N–H and O–H groups in total. The lowest BCUT2D eigenvalue weighted by Crippen LogP contribution is -2.38. The summed E-state index contributed by atoms with van der Waals surface area (Å²) in [5, 5.41) is -0.727. The van der Waals surface area contributed by atoms with Crippen molar-refractivity contribution in [3.8, 4) is 0 Å². The predicted octanol–water partition coefficient (Wildman–Crippen LogP) is 4.91. The Hall–Kier alpha value is -1.76. The molecule has 1 aromatic carbocycles. The molecule has 2 atom stereocenters. The number of carbonyl (C=O) groups excluding carboxylic acids is 1. The first-order chi connectivity index (χ1) is 14.7. The van der Waals surface area contributed by atoms with E-state index in [0.717, 1.165) is 29.5 Å². The van der Waals surface area contributed by atoms with E-state index in [-0.39, 0.29) is 23.4 Å². The number of unbranched alkanes of at least 4 members (excludes halogenated alkanes) is 2. The van der Waals surface area contributed by atoms with Crippen LogP contribution >= 0.6 is 11.8 Å². The number of aliphatic imine (C=N–C) groups is 1. The van der Waals surface area contributed by atoms with Gasteiger partial charge in [0.05, 0.1) is 28.7 Å². The molecule has 0 aliphatic carbocycles. The van der Waals surface area contributed by atoms with Crippen LogP contribution in [0.2, 0.25) is 0 Å². The molecule has 0 spiro atoms. The minimum absolute atomic E-state index is 0.00229. The first-order valence-electron chi connectivity index (χ1n) is 9.78. The van der Waals surface area contributed by atoms with Gasteiger partial charge in [0.25, 0.3) is 0 Å². The van der Waals surface area contributed by atoms with Gasteiger partial charge in [0.15, 0.2) is 15.0 Å². The van der Waals surface area contributed by atoms with E-state index in [0.29, 0.717) is 18.6 Å². The van der Waals surface area contributed by atoms with Crippen molar-refractivity contribution in [1.82, 2.24) is 0 Å². The molecule has 13 heteroatoms. The standard InChI is InChI=1S/C19H20F6N2O3S2/c1-2-3-4-5-16(28)26-17-27(14-9-32(29,30)10-15(14)31-17)13-7-11(18(20,21)22)6-12(8-13)19(23,24)25/h6-8,14-15H,2-5,9-10H2,1H3/t14-,15+/m0/s1. The van der Waals surface area contributed by atoms with E-state index in [1.54, 1.807) is 0 Å². The maximum Gasteiger partial charge on any atom is 0.416 e. The third kappa shape index (κ3) is 5.59. The number of nitrogens with zero attached hydrogens (tertiary/aromatic N) is 2. The first kappa shape index (κ1) is 24.9. The summed E-state index contributed by atoms with van der Waals surface area (Å²) >= 11 is 0.894. The third-order valence-corrected chi connectivity index (χ3v) is 8.34. The average Bonchev–Trinajstić information content (AvgIpc) is 3.10. The Bertz CT molecular complexity index is 989. The Morgan fingerprint density at radius 2 is 1.66 bits per heavy atom. The molecular weight excluding hydrogens is 482 g/mol. The summed E-state index contributed by atoms with van der Waals surface area (Å²) < 4.78 is 104. The zero-order valence-electron chi connectivity index (χ0n) is 16.8. The largest absolute Gasteiger partial charge is 0.416 e. The number of benzene rings is 1. The normalized spacial score (nSPS) is 24.2. The van der Waals surface area contributed by atoms with Crippen molar-refractivity contribution in [3.05, 3.63) is 29.3 Å². The van der Waals surface area contributed by atoms with Crippen molar-refractivity contribution >= 4 is 38.4 Å². The van der Waals surface area contributed by atoms with Crippen molar-refractivity contribution in [3.63, 3.8) is 0 Å². The van der Waals surface area contributed by atoms with Crippen LogP contribution in [0.4, 0.5) is 32.0 Å². The number of hydrogen-bond donors (Lipinski definition) is 0. The van der Waals surface area contributed by atoms with Crippen molar-refractivity contribution in [1.29, 1.82) is 0 Å². The van der Waals surface area contributed by atoms with Gasteiger partial charge >= 0.3 is 12.4 Å². The van der Waals surface area contributed by atoms with E-state index in [9.17, 15) is 39.6 Å². The van der Waals surface area contributed by atoms with Gasteiger partial charge < -0.3 is 4.90 Å².